The summed E-state index contributed by atoms with van der Waals surface area (Å²) in [6.45, 7) is 0.680. The van der Waals surface area contributed by atoms with Crippen molar-refractivity contribution in [3.63, 3.8) is 0 Å². The minimum Gasteiger partial charge on any atom is -0.378 e. The first-order chi connectivity index (χ1) is 9.91. The smallest absolute Gasteiger partial charge is 0.378 e. The van der Waals surface area contributed by atoms with E-state index in [-0.39, 0.29) is 11.7 Å². The number of nitrogens with two attached hydrogens (primary N) is 1. The minimum atomic E-state index is -4.54. The molecular formula is C14H18F4N2O. The fourth-order valence-electron chi connectivity index (χ4n) is 2.63. The third kappa shape index (κ3) is 4.15. The van der Waals surface area contributed by atoms with Gasteiger partial charge in [-0.2, -0.15) is 13.2 Å². The van der Waals surface area contributed by atoms with Crippen LogP contribution in [0.1, 0.15) is 42.9 Å². The number of ether oxygens (including phenoxy) is 1. The van der Waals surface area contributed by atoms with Gasteiger partial charge in [0.05, 0.1) is 11.7 Å². The Labute approximate surface area is 120 Å². The van der Waals surface area contributed by atoms with Gasteiger partial charge in [-0.3, -0.25) is 11.3 Å². The van der Waals surface area contributed by atoms with E-state index < -0.39 is 23.6 Å². The highest BCUT2D eigenvalue weighted by molar-refractivity contribution is 5.33. The highest BCUT2D eigenvalue weighted by Crippen LogP contribution is 2.36. The molecule has 0 aromatic heterocycles. The van der Waals surface area contributed by atoms with Crippen molar-refractivity contribution in [3.8, 4) is 0 Å². The largest absolute Gasteiger partial charge is 0.416 e. The molecule has 21 heavy (non-hydrogen) atoms. The van der Waals surface area contributed by atoms with Gasteiger partial charge < -0.3 is 4.74 Å². The maximum Gasteiger partial charge on any atom is 0.416 e. The Morgan fingerprint density at radius 2 is 2.14 bits per heavy atom. The lowest BCUT2D eigenvalue weighted by Gasteiger charge is -2.22. The summed E-state index contributed by atoms with van der Waals surface area (Å²) in [6.07, 6.45) is -1.70. The van der Waals surface area contributed by atoms with Crippen molar-refractivity contribution in [1.29, 1.82) is 0 Å². The maximum atomic E-state index is 13.3. The van der Waals surface area contributed by atoms with Crippen LogP contribution in [0.4, 0.5) is 17.6 Å². The number of hydrogen-bond donors (Lipinski definition) is 2. The topological polar surface area (TPSA) is 47.3 Å². The summed E-state index contributed by atoms with van der Waals surface area (Å²) in [5.41, 5.74) is 1.33. The molecule has 1 saturated heterocycles. The van der Waals surface area contributed by atoms with E-state index in [0.29, 0.717) is 19.4 Å². The molecule has 7 heteroatoms. The summed E-state index contributed by atoms with van der Waals surface area (Å²) >= 11 is 0. The first kappa shape index (κ1) is 16.2. The Morgan fingerprint density at radius 3 is 2.71 bits per heavy atom. The summed E-state index contributed by atoms with van der Waals surface area (Å²) in [6, 6.07) is 1.69. The van der Waals surface area contributed by atoms with Crippen LogP contribution in [0, 0.1) is 5.82 Å². The van der Waals surface area contributed by atoms with Crippen molar-refractivity contribution >= 4 is 0 Å². The third-order valence-electron chi connectivity index (χ3n) is 3.70. The van der Waals surface area contributed by atoms with Gasteiger partial charge in [-0.25, -0.2) is 4.39 Å². The average molecular weight is 306 g/mol. The van der Waals surface area contributed by atoms with Gasteiger partial charge in [0.1, 0.15) is 5.82 Å². The molecule has 1 aromatic carbocycles. The molecule has 1 aromatic rings. The van der Waals surface area contributed by atoms with E-state index in [4.69, 9.17) is 10.6 Å². The molecule has 2 rings (SSSR count). The van der Waals surface area contributed by atoms with Crippen LogP contribution >= 0.6 is 0 Å². The predicted molar refractivity (Wildman–Crippen MR) is 69.7 cm³/mol. The van der Waals surface area contributed by atoms with Gasteiger partial charge in [-0.15, -0.1) is 0 Å². The van der Waals surface area contributed by atoms with Crippen molar-refractivity contribution in [2.75, 3.05) is 6.61 Å². The zero-order valence-electron chi connectivity index (χ0n) is 11.4. The lowest BCUT2D eigenvalue weighted by molar-refractivity contribution is -0.138. The van der Waals surface area contributed by atoms with Crippen molar-refractivity contribution in [2.24, 2.45) is 5.84 Å². The van der Waals surface area contributed by atoms with Crippen LogP contribution in [0.5, 0.6) is 0 Å². The van der Waals surface area contributed by atoms with Crippen LogP contribution in [0.3, 0.4) is 0 Å². The molecule has 118 valence electrons. The lowest BCUT2D eigenvalue weighted by Crippen LogP contribution is -2.30. The molecule has 3 nitrogen and oxygen atoms in total. The van der Waals surface area contributed by atoms with Gasteiger partial charge in [0.15, 0.2) is 0 Å². The number of alkyl halides is 3. The number of benzene rings is 1. The zero-order valence-corrected chi connectivity index (χ0v) is 11.4. The Balaban J connectivity index is 2.17. The van der Waals surface area contributed by atoms with E-state index in [0.717, 1.165) is 31.0 Å². The highest BCUT2D eigenvalue weighted by atomic mass is 19.4. The molecule has 3 N–H and O–H groups in total. The van der Waals surface area contributed by atoms with Crippen molar-refractivity contribution in [2.45, 2.75) is 44.0 Å². The zero-order chi connectivity index (χ0) is 15.5. The average Bonchev–Trinajstić information content (AvgIpc) is 2.91. The summed E-state index contributed by atoms with van der Waals surface area (Å²) in [5, 5.41) is 0. The van der Waals surface area contributed by atoms with Gasteiger partial charge in [-0.1, -0.05) is 0 Å². The molecule has 0 saturated carbocycles. The molecule has 0 bridgehead atoms. The molecule has 0 radical (unpaired) electrons. The van der Waals surface area contributed by atoms with Crippen molar-refractivity contribution in [1.82, 2.24) is 5.43 Å². The predicted octanol–water partition coefficient (Wildman–Crippen LogP) is 3.31. The molecule has 1 aliphatic heterocycles. The van der Waals surface area contributed by atoms with E-state index in [2.05, 4.69) is 5.43 Å². The Bertz CT molecular complexity index is 473. The number of rotatable bonds is 5. The molecule has 1 aliphatic rings. The molecule has 0 aliphatic carbocycles. The Kier molecular flexibility index (Phi) is 5.18. The minimum absolute atomic E-state index is 0.0451. The van der Waals surface area contributed by atoms with Crippen LogP contribution in [-0.2, 0) is 10.9 Å². The second kappa shape index (κ2) is 6.72. The van der Waals surface area contributed by atoms with Gasteiger partial charge in [-0.05, 0) is 49.4 Å². The van der Waals surface area contributed by atoms with Crippen LogP contribution in [0.25, 0.3) is 0 Å². The van der Waals surface area contributed by atoms with Crippen LogP contribution in [0.15, 0.2) is 18.2 Å². The maximum absolute atomic E-state index is 13.3. The third-order valence-corrected chi connectivity index (χ3v) is 3.70. The lowest BCUT2D eigenvalue weighted by atomic mass is 9.95. The summed E-state index contributed by atoms with van der Waals surface area (Å²) in [4.78, 5) is 0. The number of hydrazine groups is 1. The van der Waals surface area contributed by atoms with Gasteiger partial charge >= 0.3 is 6.18 Å². The van der Waals surface area contributed by atoms with E-state index in [1.54, 1.807) is 0 Å². The number of nitrogens with one attached hydrogen (secondary N) is 1. The Morgan fingerprint density at radius 1 is 1.38 bits per heavy atom. The SMILES string of the molecule is NNC(CCC1CCCO1)c1cc(F)ccc1C(F)(F)F. The molecule has 2 unspecified atom stereocenters. The standard InChI is InChI=1S/C14H18F4N2O/c15-9-3-5-12(14(16,17)18)11(8-9)13(20-19)6-4-10-2-1-7-21-10/h3,5,8,10,13,20H,1-2,4,6-7,19H2. The Hall–Kier alpha value is -1.18. The number of halogens is 4. The summed E-state index contributed by atoms with van der Waals surface area (Å²) < 4.78 is 57.8. The normalized spacial score (nSPS) is 20.7. The fraction of sp³-hybridized carbons (Fsp3) is 0.571. The highest BCUT2D eigenvalue weighted by Gasteiger charge is 2.35. The molecule has 1 heterocycles. The summed E-state index contributed by atoms with van der Waals surface area (Å²) in [5.74, 6) is 4.66. The van der Waals surface area contributed by atoms with Gasteiger partial charge in [0.2, 0.25) is 0 Å². The quantitative estimate of drug-likeness (QED) is 0.498. The second-order valence-electron chi connectivity index (χ2n) is 5.16. The van der Waals surface area contributed by atoms with Gasteiger partial charge in [0, 0.05) is 12.6 Å². The molecular weight excluding hydrogens is 288 g/mol. The molecule has 2 atom stereocenters. The van der Waals surface area contributed by atoms with E-state index in [1.807, 2.05) is 0 Å². The first-order valence-electron chi connectivity index (χ1n) is 6.86. The van der Waals surface area contributed by atoms with Gasteiger partial charge in [0.25, 0.3) is 0 Å². The second-order valence-corrected chi connectivity index (χ2v) is 5.16. The summed E-state index contributed by atoms with van der Waals surface area (Å²) in [7, 11) is 0. The molecule has 1 fully saturated rings. The van der Waals surface area contributed by atoms with E-state index in [9.17, 15) is 17.6 Å². The molecule has 0 amide bonds. The first-order valence-corrected chi connectivity index (χ1v) is 6.86. The number of hydrogen-bond acceptors (Lipinski definition) is 3. The molecule has 0 spiro atoms. The van der Waals surface area contributed by atoms with Crippen LogP contribution < -0.4 is 11.3 Å². The van der Waals surface area contributed by atoms with Crippen molar-refractivity contribution in [3.05, 3.63) is 35.1 Å². The van der Waals surface area contributed by atoms with E-state index >= 15 is 0 Å². The van der Waals surface area contributed by atoms with E-state index in [1.165, 1.54) is 0 Å². The van der Waals surface area contributed by atoms with Crippen molar-refractivity contribution < 1.29 is 22.3 Å². The monoisotopic (exact) mass is 306 g/mol. The van der Waals surface area contributed by atoms with Crippen LogP contribution in [0.2, 0.25) is 0 Å². The van der Waals surface area contributed by atoms with Crippen LogP contribution in [-0.4, -0.2) is 12.7 Å². The fourth-order valence-corrected chi connectivity index (χ4v) is 2.63.